The van der Waals surface area contributed by atoms with Crippen molar-refractivity contribution in [1.82, 2.24) is 19.7 Å². The lowest BCUT2D eigenvalue weighted by atomic mass is 9.92. The zero-order valence-corrected chi connectivity index (χ0v) is 18.2. The van der Waals surface area contributed by atoms with E-state index >= 15 is 0 Å². The van der Waals surface area contributed by atoms with Crippen molar-refractivity contribution in [3.05, 3.63) is 65.6 Å². The number of hydrogen-bond donors (Lipinski definition) is 0. The minimum atomic E-state index is 0.129. The van der Waals surface area contributed by atoms with Crippen LogP contribution in [0.15, 0.2) is 48.9 Å². The van der Waals surface area contributed by atoms with E-state index in [1.165, 1.54) is 16.7 Å². The van der Waals surface area contributed by atoms with Crippen LogP contribution in [0.5, 0.6) is 11.5 Å². The fourth-order valence-corrected chi connectivity index (χ4v) is 4.44. The van der Waals surface area contributed by atoms with Gasteiger partial charge in [-0.3, -0.25) is 0 Å². The van der Waals surface area contributed by atoms with Crippen LogP contribution in [-0.2, 0) is 6.42 Å². The quantitative estimate of drug-likeness (QED) is 0.496. The predicted octanol–water partition coefficient (Wildman–Crippen LogP) is 4.26. The van der Waals surface area contributed by atoms with Gasteiger partial charge < -0.3 is 14.4 Å². The average Bonchev–Trinajstić information content (AvgIpc) is 3.23. The lowest BCUT2D eigenvalue weighted by Gasteiger charge is -2.36. The molecule has 7 heteroatoms. The molecule has 7 nitrogen and oxygen atoms in total. The van der Waals surface area contributed by atoms with Crippen molar-refractivity contribution in [3.8, 4) is 17.2 Å². The number of nitrogens with zero attached hydrogens (tertiary/aromatic N) is 5. The fraction of sp³-hybridized carbons (Fsp3) is 0.292. The van der Waals surface area contributed by atoms with Crippen LogP contribution in [0.1, 0.15) is 29.7 Å². The molecule has 1 atom stereocenters. The molecule has 2 aromatic carbocycles. The smallest absolute Gasteiger partial charge is 0.168 e. The van der Waals surface area contributed by atoms with Crippen molar-refractivity contribution in [2.45, 2.75) is 26.3 Å². The SMILES string of the molecule is COc1cc2c(cc1OC)[C@H](C)N(c1ncnc3c1cnn3-c1cccc(C)c1)CC2. The summed E-state index contributed by atoms with van der Waals surface area (Å²) in [4.78, 5) is 11.5. The average molecular weight is 415 g/mol. The molecule has 3 heterocycles. The largest absolute Gasteiger partial charge is 0.493 e. The number of ether oxygens (including phenoxy) is 2. The molecular formula is C24H25N5O2. The Balaban J connectivity index is 1.58. The number of rotatable bonds is 4. The summed E-state index contributed by atoms with van der Waals surface area (Å²) in [5, 5.41) is 5.58. The molecular weight excluding hydrogens is 390 g/mol. The van der Waals surface area contributed by atoms with Gasteiger partial charge in [0.15, 0.2) is 17.1 Å². The first-order chi connectivity index (χ1) is 15.1. The van der Waals surface area contributed by atoms with Gasteiger partial charge in [-0.2, -0.15) is 5.10 Å². The van der Waals surface area contributed by atoms with Crippen LogP contribution in [0.3, 0.4) is 0 Å². The van der Waals surface area contributed by atoms with Crippen LogP contribution in [0.25, 0.3) is 16.7 Å². The van der Waals surface area contributed by atoms with Crippen LogP contribution in [0.2, 0.25) is 0 Å². The lowest BCUT2D eigenvalue weighted by Crippen LogP contribution is -2.34. The Hall–Kier alpha value is -3.61. The molecule has 0 N–H and O–H groups in total. The summed E-state index contributed by atoms with van der Waals surface area (Å²) >= 11 is 0. The van der Waals surface area contributed by atoms with E-state index in [0.717, 1.165) is 47.0 Å². The standard InChI is InChI=1S/C24H25N5O2/c1-15-6-5-7-18(10-15)29-24-20(13-27-29)23(25-14-26-24)28-9-8-17-11-21(30-3)22(31-4)12-19(17)16(28)2/h5-7,10-14,16H,8-9H2,1-4H3/t16-/m0/s1. The fourth-order valence-electron chi connectivity index (χ4n) is 4.44. The van der Waals surface area contributed by atoms with Crippen LogP contribution in [0, 0.1) is 6.92 Å². The number of anilines is 1. The third-order valence-electron chi connectivity index (χ3n) is 6.05. The highest BCUT2D eigenvalue weighted by Gasteiger charge is 2.28. The molecule has 1 aliphatic heterocycles. The van der Waals surface area contributed by atoms with Crippen molar-refractivity contribution >= 4 is 16.9 Å². The van der Waals surface area contributed by atoms with Crippen molar-refractivity contribution in [2.75, 3.05) is 25.7 Å². The normalized spacial score (nSPS) is 15.7. The van der Waals surface area contributed by atoms with E-state index in [1.807, 2.05) is 23.0 Å². The second-order valence-electron chi connectivity index (χ2n) is 7.86. The first-order valence-corrected chi connectivity index (χ1v) is 10.4. The molecule has 5 rings (SSSR count). The van der Waals surface area contributed by atoms with E-state index in [0.29, 0.717) is 0 Å². The molecule has 158 valence electrons. The summed E-state index contributed by atoms with van der Waals surface area (Å²) in [6.07, 6.45) is 4.39. The van der Waals surface area contributed by atoms with Gasteiger partial charge in [-0.15, -0.1) is 0 Å². The van der Waals surface area contributed by atoms with Crippen LogP contribution < -0.4 is 14.4 Å². The molecule has 1 aliphatic rings. The second kappa shape index (κ2) is 7.58. The van der Waals surface area contributed by atoms with Gasteiger partial charge in [-0.05, 0) is 61.2 Å². The summed E-state index contributed by atoms with van der Waals surface area (Å²) in [5.41, 5.74) is 5.49. The first-order valence-electron chi connectivity index (χ1n) is 10.4. The molecule has 0 saturated carbocycles. The number of aromatic nitrogens is 4. The van der Waals surface area contributed by atoms with Gasteiger partial charge in [0.05, 0.1) is 37.5 Å². The topological polar surface area (TPSA) is 65.3 Å². The van der Waals surface area contributed by atoms with Gasteiger partial charge in [0, 0.05) is 6.54 Å². The van der Waals surface area contributed by atoms with Crippen LogP contribution >= 0.6 is 0 Å². The number of hydrogen-bond acceptors (Lipinski definition) is 6. The summed E-state index contributed by atoms with van der Waals surface area (Å²) in [5.74, 6) is 2.41. The Morgan fingerprint density at radius 3 is 2.61 bits per heavy atom. The zero-order chi connectivity index (χ0) is 21.5. The predicted molar refractivity (Wildman–Crippen MR) is 120 cm³/mol. The van der Waals surface area contributed by atoms with Crippen molar-refractivity contribution in [2.24, 2.45) is 0 Å². The number of methoxy groups -OCH3 is 2. The summed E-state index contributed by atoms with van der Waals surface area (Å²) in [7, 11) is 3.34. The molecule has 0 saturated heterocycles. The molecule has 2 aromatic heterocycles. The van der Waals surface area contributed by atoms with E-state index in [1.54, 1.807) is 20.5 Å². The van der Waals surface area contributed by atoms with E-state index in [9.17, 15) is 0 Å². The molecule has 0 amide bonds. The molecule has 4 aromatic rings. The minimum Gasteiger partial charge on any atom is -0.493 e. The van der Waals surface area contributed by atoms with E-state index in [2.05, 4.69) is 58.1 Å². The summed E-state index contributed by atoms with van der Waals surface area (Å²) in [6.45, 7) is 5.12. The van der Waals surface area contributed by atoms with Gasteiger partial charge in [-0.1, -0.05) is 12.1 Å². The Morgan fingerprint density at radius 1 is 1.03 bits per heavy atom. The summed E-state index contributed by atoms with van der Waals surface area (Å²) in [6, 6.07) is 12.6. The Labute approximate surface area is 181 Å². The maximum Gasteiger partial charge on any atom is 0.168 e. The molecule has 0 aliphatic carbocycles. The first kappa shape index (κ1) is 19.4. The van der Waals surface area contributed by atoms with Gasteiger partial charge in [0.1, 0.15) is 12.1 Å². The van der Waals surface area contributed by atoms with Crippen LogP contribution in [-0.4, -0.2) is 40.5 Å². The van der Waals surface area contributed by atoms with E-state index in [-0.39, 0.29) is 6.04 Å². The molecule has 0 bridgehead atoms. The van der Waals surface area contributed by atoms with E-state index < -0.39 is 0 Å². The highest BCUT2D eigenvalue weighted by Crippen LogP contribution is 2.40. The van der Waals surface area contributed by atoms with Crippen molar-refractivity contribution in [3.63, 3.8) is 0 Å². The highest BCUT2D eigenvalue weighted by molar-refractivity contribution is 5.88. The second-order valence-corrected chi connectivity index (χ2v) is 7.86. The summed E-state index contributed by atoms with van der Waals surface area (Å²) < 4.78 is 12.9. The molecule has 0 fully saturated rings. The lowest BCUT2D eigenvalue weighted by molar-refractivity contribution is 0.353. The maximum absolute atomic E-state index is 5.54. The molecule has 0 unspecified atom stereocenters. The third kappa shape index (κ3) is 3.17. The van der Waals surface area contributed by atoms with E-state index in [4.69, 9.17) is 9.47 Å². The third-order valence-corrected chi connectivity index (χ3v) is 6.05. The number of benzene rings is 2. The zero-order valence-electron chi connectivity index (χ0n) is 18.2. The van der Waals surface area contributed by atoms with Crippen LogP contribution in [0.4, 0.5) is 5.82 Å². The Morgan fingerprint density at radius 2 is 1.84 bits per heavy atom. The van der Waals surface area contributed by atoms with Crippen molar-refractivity contribution < 1.29 is 9.47 Å². The van der Waals surface area contributed by atoms with Crippen molar-refractivity contribution in [1.29, 1.82) is 0 Å². The number of aryl methyl sites for hydroxylation is 1. The molecule has 0 radical (unpaired) electrons. The van der Waals surface area contributed by atoms with Gasteiger partial charge in [0.2, 0.25) is 0 Å². The van der Waals surface area contributed by atoms with Gasteiger partial charge in [0.25, 0.3) is 0 Å². The van der Waals surface area contributed by atoms with Gasteiger partial charge >= 0.3 is 0 Å². The molecule has 0 spiro atoms. The Bertz CT molecular complexity index is 1270. The maximum atomic E-state index is 5.54. The molecule has 31 heavy (non-hydrogen) atoms. The number of fused-ring (bicyclic) bond motifs is 2. The minimum absolute atomic E-state index is 0.129. The highest BCUT2D eigenvalue weighted by atomic mass is 16.5. The van der Waals surface area contributed by atoms with Gasteiger partial charge in [-0.25, -0.2) is 14.6 Å². The Kier molecular flexibility index (Phi) is 4.73. The monoisotopic (exact) mass is 415 g/mol.